The number of nitrogens with zero attached hydrogens (tertiary/aromatic N) is 3. The van der Waals surface area contributed by atoms with Crippen molar-refractivity contribution in [1.82, 2.24) is 14.5 Å². The molecule has 0 unspecified atom stereocenters. The number of hydrogen-bond acceptors (Lipinski definition) is 3. The number of imidazole rings is 1. The van der Waals surface area contributed by atoms with Crippen LogP contribution in [-0.2, 0) is 6.54 Å². The summed E-state index contributed by atoms with van der Waals surface area (Å²) in [5.74, 6) is 0.938. The molecule has 17 heavy (non-hydrogen) atoms. The third-order valence-corrected chi connectivity index (χ3v) is 3.34. The Hall–Kier alpha value is -0.940. The first-order chi connectivity index (χ1) is 8.11. The number of alkyl halides is 1. The Bertz CT molecular complexity index is 366. The molecule has 0 amide bonds. The molecule has 4 nitrogen and oxygen atoms in total. The lowest BCUT2D eigenvalue weighted by molar-refractivity contribution is 0.149. The van der Waals surface area contributed by atoms with Gasteiger partial charge in [-0.1, -0.05) is 0 Å². The van der Waals surface area contributed by atoms with Gasteiger partial charge in [0.25, 0.3) is 0 Å². The maximum Gasteiger partial charge on any atom is 0.123 e. The van der Waals surface area contributed by atoms with Crippen LogP contribution in [0.5, 0.6) is 0 Å². The predicted molar refractivity (Wildman–Crippen MR) is 63.4 cm³/mol. The maximum absolute atomic E-state index is 13.3. The van der Waals surface area contributed by atoms with Crippen LogP contribution in [0.15, 0.2) is 12.4 Å². The van der Waals surface area contributed by atoms with Crippen LogP contribution in [0, 0.1) is 0 Å². The quantitative estimate of drug-likeness (QED) is 0.865. The van der Waals surface area contributed by atoms with Crippen molar-refractivity contribution in [3.63, 3.8) is 0 Å². The van der Waals surface area contributed by atoms with Crippen molar-refractivity contribution in [2.24, 2.45) is 0 Å². The van der Waals surface area contributed by atoms with Crippen molar-refractivity contribution in [3.8, 4) is 0 Å². The molecule has 0 aromatic carbocycles. The minimum Gasteiger partial charge on any atom is -0.395 e. The molecule has 2 rings (SSSR count). The topological polar surface area (TPSA) is 41.3 Å². The molecule has 96 valence electrons. The largest absolute Gasteiger partial charge is 0.395 e. The van der Waals surface area contributed by atoms with Crippen molar-refractivity contribution < 1.29 is 9.50 Å². The molecule has 1 N–H and O–H groups in total. The Kier molecular flexibility index (Phi) is 3.79. The van der Waals surface area contributed by atoms with E-state index in [0.29, 0.717) is 25.6 Å². The number of halogens is 1. The molecule has 1 aliphatic heterocycles. The summed E-state index contributed by atoms with van der Waals surface area (Å²) in [7, 11) is 0. The van der Waals surface area contributed by atoms with Gasteiger partial charge >= 0.3 is 0 Å². The van der Waals surface area contributed by atoms with E-state index in [9.17, 15) is 9.50 Å². The minimum atomic E-state index is -0.824. The van der Waals surface area contributed by atoms with Gasteiger partial charge in [0.1, 0.15) is 12.0 Å². The molecule has 2 atom stereocenters. The third kappa shape index (κ3) is 2.66. The summed E-state index contributed by atoms with van der Waals surface area (Å²) in [6, 6.07) is 0.283. The van der Waals surface area contributed by atoms with Crippen LogP contribution in [0.2, 0.25) is 0 Å². The number of likely N-dealkylation sites (tertiary alicyclic amines) is 1. The Labute approximate surface area is 101 Å². The highest BCUT2D eigenvalue weighted by Crippen LogP contribution is 2.22. The molecule has 2 heterocycles. The molecular formula is C12H20FN3O. The molecular weight excluding hydrogens is 221 g/mol. The highest BCUT2D eigenvalue weighted by molar-refractivity contribution is 4.97. The van der Waals surface area contributed by atoms with Crippen LogP contribution in [0.1, 0.15) is 32.1 Å². The van der Waals surface area contributed by atoms with Gasteiger partial charge in [0.05, 0.1) is 13.2 Å². The van der Waals surface area contributed by atoms with Crippen LogP contribution >= 0.6 is 0 Å². The van der Waals surface area contributed by atoms with Crippen LogP contribution in [-0.4, -0.2) is 44.9 Å². The first kappa shape index (κ1) is 12.5. The van der Waals surface area contributed by atoms with Crippen molar-refractivity contribution in [2.45, 2.75) is 45.1 Å². The van der Waals surface area contributed by atoms with Gasteiger partial charge in [-0.05, 0) is 20.3 Å². The molecule has 0 radical (unpaired) electrons. The van der Waals surface area contributed by atoms with Crippen molar-refractivity contribution in [3.05, 3.63) is 18.2 Å². The lowest BCUT2D eigenvalue weighted by Gasteiger charge is -2.23. The Morgan fingerprint density at radius 1 is 1.59 bits per heavy atom. The lowest BCUT2D eigenvalue weighted by atomic mass is 10.2. The molecule has 0 aliphatic carbocycles. The molecule has 0 bridgehead atoms. The number of rotatable bonds is 4. The summed E-state index contributed by atoms with van der Waals surface area (Å²) in [6.07, 6.45) is 3.32. The summed E-state index contributed by atoms with van der Waals surface area (Å²) < 4.78 is 15.4. The molecule has 1 fully saturated rings. The van der Waals surface area contributed by atoms with Gasteiger partial charge in [-0.2, -0.15) is 0 Å². The van der Waals surface area contributed by atoms with Crippen LogP contribution < -0.4 is 0 Å². The van der Waals surface area contributed by atoms with Crippen molar-refractivity contribution in [1.29, 1.82) is 0 Å². The van der Waals surface area contributed by atoms with E-state index in [1.54, 1.807) is 6.20 Å². The fourth-order valence-electron chi connectivity index (χ4n) is 2.42. The lowest BCUT2D eigenvalue weighted by Crippen LogP contribution is -2.33. The van der Waals surface area contributed by atoms with Crippen molar-refractivity contribution in [2.75, 3.05) is 13.2 Å². The monoisotopic (exact) mass is 241 g/mol. The summed E-state index contributed by atoms with van der Waals surface area (Å²) >= 11 is 0. The molecule has 5 heteroatoms. The first-order valence-electron chi connectivity index (χ1n) is 6.12. The van der Waals surface area contributed by atoms with E-state index in [0.717, 1.165) is 5.82 Å². The SMILES string of the molecule is CC(C)n1ccnc1CN1C[C@@H](F)C[C@H]1CO. The highest BCUT2D eigenvalue weighted by atomic mass is 19.1. The van der Waals surface area contributed by atoms with E-state index in [-0.39, 0.29) is 12.6 Å². The first-order valence-corrected chi connectivity index (χ1v) is 6.12. The van der Waals surface area contributed by atoms with E-state index in [2.05, 4.69) is 23.4 Å². The van der Waals surface area contributed by atoms with Gasteiger partial charge in [-0.25, -0.2) is 9.37 Å². The average Bonchev–Trinajstić information content (AvgIpc) is 2.85. The van der Waals surface area contributed by atoms with Crippen LogP contribution in [0.3, 0.4) is 0 Å². The maximum atomic E-state index is 13.3. The summed E-state index contributed by atoms with van der Waals surface area (Å²) in [5.41, 5.74) is 0. The number of aliphatic hydroxyl groups is 1. The minimum absolute atomic E-state index is 0.0167. The average molecular weight is 241 g/mol. The van der Waals surface area contributed by atoms with Crippen LogP contribution in [0.4, 0.5) is 4.39 Å². The van der Waals surface area contributed by atoms with E-state index >= 15 is 0 Å². The second kappa shape index (κ2) is 5.14. The van der Waals surface area contributed by atoms with Gasteiger partial charge in [0, 0.05) is 31.0 Å². The van der Waals surface area contributed by atoms with Gasteiger partial charge in [-0.3, -0.25) is 4.90 Å². The Morgan fingerprint density at radius 3 is 3.00 bits per heavy atom. The second-order valence-electron chi connectivity index (χ2n) is 4.94. The Balaban J connectivity index is 2.07. The number of hydrogen-bond donors (Lipinski definition) is 1. The van der Waals surface area contributed by atoms with E-state index in [4.69, 9.17) is 0 Å². The molecule has 1 saturated heterocycles. The molecule has 1 aromatic rings. The fraction of sp³-hybridized carbons (Fsp3) is 0.750. The third-order valence-electron chi connectivity index (χ3n) is 3.34. The van der Waals surface area contributed by atoms with Gasteiger partial charge < -0.3 is 9.67 Å². The molecule has 1 aromatic heterocycles. The van der Waals surface area contributed by atoms with E-state index in [1.165, 1.54) is 0 Å². The molecule has 1 aliphatic rings. The standard InChI is InChI=1S/C12H20FN3O/c1-9(2)16-4-3-14-12(16)7-15-6-10(13)5-11(15)8-17/h3-4,9-11,17H,5-8H2,1-2H3/t10-,11-/m0/s1. The van der Waals surface area contributed by atoms with Crippen LogP contribution in [0.25, 0.3) is 0 Å². The van der Waals surface area contributed by atoms with Gasteiger partial charge in [0.15, 0.2) is 0 Å². The molecule has 0 spiro atoms. The zero-order chi connectivity index (χ0) is 12.4. The van der Waals surface area contributed by atoms with Gasteiger partial charge in [0.2, 0.25) is 0 Å². The smallest absolute Gasteiger partial charge is 0.123 e. The second-order valence-corrected chi connectivity index (χ2v) is 4.94. The van der Waals surface area contributed by atoms with E-state index in [1.807, 2.05) is 11.1 Å². The number of aromatic nitrogens is 2. The normalized spacial score (nSPS) is 25.9. The number of aliphatic hydroxyl groups excluding tert-OH is 1. The summed E-state index contributed by atoms with van der Waals surface area (Å²) in [5, 5.41) is 9.23. The summed E-state index contributed by atoms with van der Waals surface area (Å²) in [4.78, 5) is 6.29. The predicted octanol–water partition coefficient (Wildman–Crippen LogP) is 1.37. The zero-order valence-corrected chi connectivity index (χ0v) is 10.4. The van der Waals surface area contributed by atoms with Crippen molar-refractivity contribution >= 4 is 0 Å². The van der Waals surface area contributed by atoms with Gasteiger partial charge in [-0.15, -0.1) is 0 Å². The molecule has 0 saturated carbocycles. The zero-order valence-electron chi connectivity index (χ0n) is 10.4. The fourth-order valence-corrected chi connectivity index (χ4v) is 2.42. The van der Waals surface area contributed by atoms with E-state index < -0.39 is 6.17 Å². The Morgan fingerprint density at radius 2 is 2.35 bits per heavy atom. The summed E-state index contributed by atoms with van der Waals surface area (Å²) in [6.45, 7) is 5.21. The highest BCUT2D eigenvalue weighted by Gasteiger charge is 2.32.